The number of nitrogens with zero attached hydrogens (tertiary/aromatic N) is 1. The van der Waals surface area contributed by atoms with Crippen LogP contribution in [0.25, 0.3) is 0 Å². The number of aromatic nitrogens is 1. The van der Waals surface area contributed by atoms with Crippen LogP contribution in [0.4, 0.5) is 12.9 Å². The Labute approximate surface area is 115 Å². The van der Waals surface area contributed by atoms with Gasteiger partial charge in [-0.1, -0.05) is 23.1 Å². The molecule has 12 heavy (non-hydrogen) atoms. The van der Waals surface area contributed by atoms with Crippen molar-refractivity contribution in [1.29, 1.82) is 0 Å². The molecule has 0 saturated heterocycles. The van der Waals surface area contributed by atoms with E-state index in [9.17, 15) is 12.9 Å². The van der Waals surface area contributed by atoms with Crippen LogP contribution in [0, 0.1) is 0 Å². The Hall–Kier alpha value is 0.931. The van der Waals surface area contributed by atoms with Gasteiger partial charge in [0.1, 0.15) is 5.15 Å². The molecule has 0 N–H and O–H groups in total. The summed E-state index contributed by atoms with van der Waals surface area (Å²) in [6.07, 6.45) is 0.725. The fraction of sp³-hybridized carbons (Fsp3) is 0. The zero-order valence-electron chi connectivity index (χ0n) is 6.27. The molecule has 0 radical (unpaired) electrons. The van der Waals surface area contributed by atoms with Crippen LogP contribution in [0.15, 0.2) is 18.3 Å². The summed E-state index contributed by atoms with van der Waals surface area (Å²) in [5, 5.41) is 0.0637. The van der Waals surface area contributed by atoms with Crippen molar-refractivity contribution in [1.82, 2.24) is 4.98 Å². The molecule has 0 spiro atoms. The van der Waals surface area contributed by atoms with Crippen molar-refractivity contribution >= 4 is 24.0 Å². The molecule has 1 heterocycles. The third kappa shape index (κ3) is 3.76. The minimum absolute atomic E-state index is 0. The largest absolute Gasteiger partial charge is 1.00 e. The van der Waals surface area contributed by atoms with E-state index < -0.39 is 12.4 Å². The molecule has 0 fully saturated rings. The number of halogens is 4. The molecule has 1 aromatic heterocycles. The van der Waals surface area contributed by atoms with Gasteiger partial charge < -0.3 is 12.9 Å². The van der Waals surface area contributed by atoms with Crippen molar-refractivity contribution in [2.75, 3.05) is 0 Å². The van der Waals surface area contributed by atoms with Crippen molar-refractivity contribution in [2.45, 2.75) is 0 Å². The van der Waals surface area contributed by atoms with E-state index in [4.69, 9.17) is 11.6 Å². The quantitative estimate of drug-likeness (QED) is 0.427. The summed E-state index contributed by atoms with van der Waals surface area (Å²) in [7, 11) is 0. The van der Waals surface area contributed by atoms with Gasteiger partial charge in [-0.25, -0.2) is 4.98 Å². The molecule has 0 saturated carbocycles. The summed E-state index contributed by atoms with van der Waals surface area (Å²) >= 11 is 5.29. The molecular formula is C5H3BClF3KN. The minimum atomic E-state index is -4.94. The zero-order valence-corrected chi connectivity index (χ0v) is 10.1. The molecule has 0 aliphatic carbocycles. The van der Waals surface area contributed by atoms with Crippen LogP contribution in [0.2, 0.25) is 5.15 Å². The molecule has 1 rings (SSSR count). The Morgan fingerprint density at radius 2 is 1.83 bits per heavy atom. The van der Waals surface area contributed by atoms with Crippen molar-refractivity contribution in [3.05, 3.63) is 23.5 Å². The van der Waals surface area contributed by atoms with Crippen molar-refractivity contribution in [2.24, 2.45) is 0 Å². The fourth-order valence-corrected chi connectivity index (χ4v) is 0.693. The first-order valence-electron chi connectivity index (χ1n) is 2.81. The van der Waals surface area contributed by atoms with E-state index in [0.29, 0.717) is 0 Å². The van der Waals surface area contributed by atoms with Gasteiger partial charge in [-0.3, -0.25) is 0 Å². The molecule has 0 aliphatic heterocycles. The zero-order chi connectivity index (χ0) is 8.48. The van der Waals surface area contributed by atoms with E-state index in [-0.39, 0.29) is 56.5 Å². The van der Waals surface area contributed by atoms with Gasteiger partial charge in [-0.05, 0) is 6.07 Å². The summed E-state index contributed by atoms with van der Waals surface area (Å²) in [5.74, 6) is 0. The van der Waals surface area contributed by atoms with E-state index in [1.807, 2.05) is 0 Å². The molecule has 0 bridgehead atoms. The first-order chi connectivity index (χ1) is 5.00. The SMILES string of the molecule is F[B-](F)(F)c1ccc(Cl)nc1.[K+]. The van der Waals surface area contributed by atoms with E-state index >= 15 is 0 Å². The van der Waals surface area contributed by atoms with Crippen LogP contribution in [-0.2, 0) is 0 Å². The van der Waals surface area contributed by atoms with Crippen LogP contribution in [-0.4, -0.2) is 12.0 Å². The number of hydrogen-bond donors (Lipinski definition) is 0. The van der Waals surface area contributed by atoms with E-state index in [1.54, 1.807) is 0 Å². The second-order valence-corrected chi connectivity index (χ2v) is 2.38. The van der Waals surface area contributed by atoms with Gasteiger partial charge in [0.05, 0.1) is 0 Å². The maximum Gasteiger partial charge on any atom is 1.00 e. The average Bonchev–Trinajstić information content (AvgIpc) is 1.86. The van der Waals surface area contributed by atoms with Crippen molar-refractivity contribution in [3.8, 4) is 0 Å². The molecule has 1 aromatic rings. The molecule has 7 heteroatoms. The monoisotopic (exact) mass is 219 g/mol. The summed E-state index contributed by atoms with van der Waals surface area (Å²) in [6, 6.07) is 2.03. The van der Waals surface area contributed by atoms with Gasteiger partial charge in [0.2, 0.25) is 0 Å². The van der Waals surface area contributed by atoms with E-state index in [2.05, 4.69) is 4.98 Å². The maximum atomic E-state index is 11.9. The standard InChI is InChI=1S/C5H3BClF3N.K/c7-5-2-1-4(3-11-5)6(8,9)10;/h1-3H;/q-1;+1. The molecule has 0 aromatic carbocycles. The van der Waals surface area contributed by atoms with Gasteiger partial charge in [0.25, 0.3) is 0 Å². The molecule has 1 nitrogen and oxygen atoms in total. The molecular weight excluding hydrogens is 216 g/mol. The summed E-state index contributed by atoms with van der Waals surface area (Å²) in [5.41, 5.74) is -0.727. The van der Waals surface area contributed by atoms with Crippen LogP contribution < -0.4 is 56.8 Å². The average molecular weight is 219 g/mol. The fourth-order valence-electron chi connectivity index (χ4n) is 0.581. The normalized spacial score (nSPS) is 10.7. The van der Waals surface area contributed by atoms with Gasteiger partial charge in [0, 0.05) is 6.20 Å². The van der Waals surface area contributed by atoms with Crippen LogP contribution >= 0.6 is 11.6 Å². The molecule has 0 atom stereocenters. The third-order valence-corrected chi connectivity index (χ3v) is 1.35. The number of pyridine rings is 1. The first kappa shape index (κ1) is 12.9. The van der Waals surface area contributed by atoms with Gasteiger partial charge in [-0.2, -0.15) is 0 Å². The Balaban J connectivity index is 0.00000121. The smallest absolute Gasteiger partial charge is 0.445 e. The minimum Gasteiger partial charge on any atom is -0.445 e. The first-order valence-corrected chi connectivity index (χ1v) is 3.19. The Morgan fingerprint density at radius 1 is 1.25 bits per heavy atom. The predicted octanol–water partition coefficient (Wildman–Crippen LogP) is -1.21. The van der Waals surface area contributed by atoms with Crippen LogP contribution in [0.5, 0.6) is 0 Å². The summed E-state index contributed by atoms with van der Waals surface area (Å²) < 4.78 is 35.7. The second-order valence-electron chi connectivity index (χ2n) is 1.99. The van der Waals surface area contributed by atoms with Gasteiger partial charge in [0.15, 0.2) is 0 Å². The van der Waals surface area contributed by atoms with Crippen LogP contribution in [0.1, 0.15) is 0 Å². The number of rotatable bonds is 1. The molecule has 60 valence electrons. The van der Waals surface area contributed by atoms with E-state index in [0.717, 1.165) is 18.3 Å². The van der Waals surface area contributed by atoms with Crippen molar-refractivity contribution in [3.63, 3.8) is 0 Å². The van der Waals surface area contributed by atoms with Gasteiger partial charge >= 0.3 is 58.4 Å². The van der Waals surface area contributed by atoms with Crippen molar-refractivity contribution < 1.29 is 64.3 Å². The molecule has 0 amide bonds. The van der Waals surface area contributed by atoms with E-state index in [1.165, 1.54) is 0 Å². The summed E-state index contributed by atoms with van der Waals surface area (Å²) in [4.78, 5) is 3.31. The molecule has 0 aliphatic rings. The topological polar surface area (TPSA) is 12.9 Å². The van der Waals surface area contributed by atoms with Crippen LogP contribution in [0.3, 0.4) is 0 Å². The molecule has 0 unspecified atom stereocenters. The third-order valence-electron chi connectivity index (χ3n) is 1.13. The van der Waals surface area contributed by atoms with Gasteiger partial charge in [-0.15, -0.1) is 0 Å². The maximum absolute atomic E-state index is 11.9. The Morgan fingerprint density at radius 3 is 2.17 bits per heavy atom. The Bertz CT molecular complexity index is 250. The number of hydrogen-bond acceptors (Lipinski definition) is 1. The second kappa shape index (κ2) is 4.97. The predicted molar refractivity (Wildman–Crippen MR) is 38.0 cm³/mol. The summed E-state index contributed by atoms with van der Waals surface area (Å²) in [6.45, 7) is -4.94. The Kier molecular flexibility index (Phi) is 5.36.